The van der Waals surface area contributed by atoms with Crippen molar-refractivity contribution >= 4 is 18.3 Å². The molecule has 0 unspecified atom stereocenters. The first-order valence-corrected chi connectivity index (χ1v) is 8.65. The van der Waals surface area contributed by atoms with Crippen molar-refractivity contribution in [2.24, 2.45) is 0 Å². The van der Waals surface area contributed by atoms with Gasteiger partial charge in [0.2, 0.25) is 0 Å². The number of carbonyl (C=O) groups excluding carboxylic acids is 1. The van der Waals surface area contributed by atoms with Gasteiger partial charge in [0.1, 0.15) is 18.0 Å². The van der Waals surface area contributed by atoms with Gasteiger partial charge in [-0.05, 0) is 49.0 Å². The third kappa shape index (κ3) is 5.87. The molecule has 1 amide bonds. The molecule has 1 aliphatic heterocycles. The Kier molecular flexibility index (Phi) is 8.19. The average molecular weight is 371 g/mol. The number of hydrogen-bond donors (Lipinski definition) is 2. The van der Waals surface area contributed by atoms with Gasteiger partial charge in [-0.1, -0.05) is 32.9 Å². The van der Waals surface area contributed by atoms with Crippen molar-refractivity contribution < 1.29 is 14.3 Å². The van der Waals surface area contributed by atoms with Crippen LogP contribution in [0.1, 0.15) is 39.2 Å². The highest BCUT2D eigenvalue weighted by atomic mass is 35.5. The van der Waals surface area contributed by atoms with E-state index in [-0.39, 0.29) is 23.7 Å². The molecular formula is C19H31ClN2O3. The number of halogens is 1. The largest absolute Gasteiger partial charge is 0.492 e. The Morgan fingerprint density at radius 3 is 2.56 bits per heavy atom. The third-order valence-corrected chi connectivity index (χ3v) is 4.57. The van der Waals surface area contributed by atoms with E-state index in [1.165, 1.54) is 5.56 Å². The quantitative estimate of drug-likeness (QED) is 0.756. The minimum absolute atomic E-state index is 0. The fourth-order valence-electron chi connectivity index (χ4n) is 2.90. The van der Waals surface area contributed by atoms with Crippen LogP contribution in [0.4, 0.5) is 0 Å². The van der Waals surface area contributed by atoms with E-state index in [1.54, 1.807) is 7.11 Å². The van der Waals surface area contributed by atoms with E-state index < -0.39 is 5.60 Å². The first-order chi connectivity index (χ1) is 11.4. The van der Waals surface area contributed by atoms with E-state index in [1.807, 2.05) is 12.1 Å². The van der Waals surface area contributed by atoms with Crippen LogP contribution in [0.3, 0.4) is 0 Å². The van der Waals surface area contributed by atoms with Gasteiger partial charge >= 0.3 is 0 Å². The highest BCUT2D eigenvalue weighted by molar-refractivity contribution is 5.85. The Balaban J connectivity index is 0.00000312. The first-order valence-electron chi connectivity index (χ1n) is 8.65. The second-order valence-corrected chi connectivity index (χ2v) is 7.33. The number of benzene rings is 1. The lowest BCUT2D eigenvalue weighted by Crippen LogP contribution is -2.54. The molecule has 2 rings (SSSR count). The fraction of sp³-hybridized carbons (Fsp3) is 0.632. The maximum absolute atomic E-state index is 12.4. The number of piperidine rings is 1. The van der Waals surface area contributed by atoms with Gasteiger partial charge < -0.3 is 20.1 Å². The maximum atomic E-state index is 12.4. The van der Waals surface area contributed by atoms with Gasteiger partial charge in [-0.2, -0.15) is 0 Å². The van der Waals surface area contributed by atoms with E-state index in [9.17, 15) is 4.79 Å². The summed E-state index contributed by atoms with van der Waals surface area (Å²) in [4.78, 5) is 12.4. The average Bonchev–Trinajstić information content (AvgIpc) is 2.58. The predicted molar refractivity (Wildman–Crippen MR) is 103 cm³/mol. The molecule has 1 aromatic carbocycles. The minimum Gasteiger partial charge on any atom is -0.492 e. The molecule has 0 spiro atoms. The van der Waals surface area contributed by atoms with Crippen LogP contribution in [-0.4, -0.2) is 44.9 Å². The predicted octanol–water partition coefficient (Wildman–Crippen LogP) is 2.67. The monoisotopic (exact) mass is 370 g/mol. The Morgan fingerprint density at radius 1 is 1.28 bits per heavy atom. The van der Waals surface area contributed by atoms with Gasteiger partial charge in [0.15, 0.2) is 0 Å². The summed E-state index contributed by atoms with van der Waals surface area (Å²) in [6.07, 6.45) is 1.40. The van der Waals surface area contributed by atoms with E-state index in [4.69, 9.17) is 9.47 Å². The van der Waals surface area contributed by atoms with Crippen molar-refractivity contribution in [3.8, 4) is 5.75 Å². The molecule has 5 nitrogen and oxygen atoms in total. The smallest absolute Gasteiger partial charge is 0.252 e. The molecule has 2 N–H and O–H groups in total. The number of rotatable bonds is 6. The van der Waals surface area contributed by atoms with Gasteiger partial charge in [0.05, 0.1) is 6.54 Å². The Morgan fingerprint density at radius 2 is 1.96 bits per heavy atom. The Labute approximate surface area is 157 Å². The molecule has 0 atom stereocenters. The highest BCUT2D eigenvalue weighted by Crippen LogP contribution is 2.25. The van der Waals surface area contributed by atoms with Crippen molar-refractivity contribution in [1.29, 1.82) is 0 Å². The number of methoxy groups -OCH3 is 1. The SMILES string of the molecule is COC1(C(=O)NCCOc2cccc(C(C)(C)C)c2)CCNCC1.Cl. The van der Waals surface area contributed by atoms with Crippen LogP contribution >= 0.6 is 12.4 Å². The maximum Gasteiger partial charge on any atom is 0.252 e. The van der Waals surface area contributed by atoms with Gasteiger partial charge in [-0.3, -0.25) is 4.79 Å². The van der Waals surface area contributed by atoms with E-state index in [2.05, 4.69) is 43.5 Å². The zero-order chi connectivity index (χ0) is 17.6. The summed E-state index contributed by atoms with van der Waals surface area (Å²) in [5.41, 5.74) is 0.627. The van der Waals surface area contributed by atoms with Gasteiger partial charge in [0.25, 0.3) is 5.91 Å². The second-order valence-electron chi connectivity index (χ2n) is 7.33. The van der Waals surface area contributed by atoms with Crippen molar-refractivity contribution in [3.63, 3.8) is 0 Å². The normalized spacial score (nSPS) is 16.6. The number of carbonyl (C=O) groups is 1. The zero-order valence-corrected chi connectivity index (χ0v) is 16.5. The Hall–Kier alpha value is -1.30. The first kappa shape index (κ1) is 21.7. The van der Waals surface area contributed by atoms with Gasteiger partial charge in [0, 0.05) is 7.11 Å². The molecule has 1 aromatic rings. The second kappa shape index (κ2) is 9.41. The summed E-state index contributed by atoms with van der Waals surface area (Å²) in [6.45, 7) is 9.05. The lowest BCUT2D eigenvalue weighted by Gasteiger charge is -2.34. The minimum atomic E-state index is -0.697. The van der Waals surface area contributed by atoms with E-state index >= 15 is 0 Å². The van der Waals surface area contributed by atoms with Gasteiger partial charge in [-0.15, -0.1) is 12.4 Å². The molecule has 0 aromatic heterocycles. The molecule has 6 heteroatoms. The molecule has 25 heavy (non-hydrogen) atoms. The van der Waals surface area contributed by atoms with Crippen LogP contribution in [0.5, 0.6) is 5.75 Å². The molecule has 1 fully saturated rings. The lowest BCUT2D eigenvalue weighted by molar-refractivity contribution is -0.146. The highest BCUT2D eigenvalue weighted by Gasteiger charge is 2.39. The summed E-state index contributed by atoms with van der Waals surface area (Å²) in [7, 11) is 1.61. The topological polar surface area (TPSA) is 59.6 Å². The van der Waals surface area contributed by atoms with Crippen LogP contribution in [0, 0.1) is 0 Å². The molecule has 0 aliphatic carbocycles. The summed E-state index contributed by atoms with van der Waals surface area (Å²) in [5, 5.41) is 6.19. The van der Waals surface area contributed by atoms with Crippen molar-refractivity contribution in [2.75, 3.05) is 33.4 Å². The van der Waals surface area contributed by atoms with Crippen LogP contribution < -0.4 is 15.4 Å². The molecule has 1 saturated heterocycles. The zero-order valence-electron chi connectivity index (χ0n) is 15.7. The summed E-state index contributed by atoms with van der Waals surface area (Å²) >= 11 is 0. The van der Waals surface area contributed by atoms with Gasteiger partial charge in [-0.25, -0.2) is 0 Å². The number of nitrogens with one attached hydrogen (secondary N) is 2. The lowest BCUT2D eigenvalue weighted by atomic mass is 9.87. The summed E-state index contributed by atoms with van der Waals surface area (Å²) in [5.74, 6) is 0.790. The van der Waals surface area contributed by atoms with Crippen LogP contribution in [-0.2, 0) is 14.9 Å². The number of ether oxygens (including phenoxy) is 2. The van der Waals surface area contributed by atoms with E-state index in [0.29, 0.717) is 26.0 Å². The van der Waals surface area contributed by atoms with Crippen LogP contribution in [0.15, 0.2) is 24.3 Å². The van der Waals surface area contributed by atoms with Crippen molar-refractivity contribution in [1.82, 2.24) is 10.6 Å². The summed E-state index contributed by atoms with van der Waals surface area (Å²) in [6, 6.07) is 8.11. The fourth-order valence-corrected chi connectivity index (χ4v) is 2.90. The molecule has 142 valence electrons. The van der Waals surface area contributed by atoms with Crippen molar-refractivity contribution in [2.45, 2.75) is 44.6 Å². The molecular weight excluding hydrogens is 340 g/mol. The molecule has 1 aliphatic rings. The van der Waals surface area contributed by atoms with E-state index in [0.717, 1.165) is 18.8 Å². The molecule has 0 radical (unpaired) electrons. The molecule has 0 bridgehead atoms. The Bertz CT molecular complexity index is 552. The number of hydrogen-bond acceptors (Lipinski definition) is 4. The molecule has 0 saturated carbocycles. The van der Waals surface area contributed by atoms with Crippen LogP contribution in [0.2, 0.25) is 0 Å². The third-order valence-electron chi connectivity index (χ3n) is 4.57. The number of amides is 1. The standard InChI is InChI=1S/C19H30N2O3.ClH/c1-18(2,3)15-6-5-7-16(14-15)24-13-12-21-17(22)19(23-4)8-10-20-11-9-19;/h5-7,14,20H,8-13H2,1-4H3,(H,21,22);1H. The van der Waals surface area contributed by atoms with Crippen molar-refractivity contribution in [3.05, 3.63) is 29.8 Å². The molecule has 1 heterocycles. The summed E-state index contributed by atoms with van der Waals surface area (Å²) < 4.78 is 11.3. The van der Waals surface area contributed by atoms with Crippen LogP contribution in [0.25, 0.3) is 0 Å².